The lowest BCUT2D eigenvalue weighted by Gasteiger charge is -2.15. The molecule has 4 N–H and O–H groups in total. The van der Waals surface area contributed by atoms with Gasteiger partial charge in [-0.1, -0.05) is 25.4 Å². The zero-order chi connectivity index (χ0) is 16.2. The van der Waals surface area contributed by atoms with Crippen molar-refractivity contribution in [2.75, 3.05) is 16.3 Å². The highest BCUT2D eigenvalue weighted by molar-refractivity contribution is 7.92. The van der Waals surface area contributed by atoms with Gasteiger partial charge in [-0.2, -0.15) is 0 Å². The number of nitrogens with one attached hydrogen (secondary N) is 2. The van der Waals surface area contributed by atoms with Crippen LogP contribution in [-0.2, 0) is 14.8 Å². The van der Waals surface area contributed by atoms with Gasteiger partial charge in [0, 0.05) is 5.69 Å². The zero-order valence-electron chi connectivity index (χ0n) is 12.2. The van der Waals surface area contributed by atoms with Gasteiger partial charge in [0.2, 0.25) is 15.9 Å². The van der Waals surface area contributed by atoms with Crippen LogP contribution in [0.3, 0.4) is 0 Å². The van der Waals surface area contributed by atoms with E-state index in [1.165, 1.54) is 12.1 Å². The van der Waals surface area contributed by atoms with Crippen LogP contribution in [0.5, 0.6) is 0 Å². The molecule has 21 heavy (non-hydrogen) atoms. The molecule has 8 heteroatoms. The lowest BCUT2D eigenvalue weighted by molar-refractivity contribution is -0.117. The highest BCUT2D eigenvalue weighted by atomic mass is 35.5. The molecule has 0 unspecified atom stereocenters. The molecule has 0 aliphatic heterocycles. The minimum absolute atomic E-state index is 0.190. The van der Waals surface area contributed by atoms with Gasteiger partial charge in [-0.25, -0.2) is 8.42 Å². The van der Waals surface area contributed by atoms with E-state index in [1.54, 1.807) is 6.07 Å². The molecular weight excluding hydrogens is 314 g/mol. The summed E-state index contributed by atoms with van der Waals surface area (Å²) in [5.74, 6) is 0.0132. The fraction of sp³-hybridized carbons (Fsp3) is 0.462. The third kappa shape index (κ3) is 6.33. The predicted octanol–water partition coefficient (Wildman–Crippen LogP) is 2.02. The minimum Gasteiger partial charge on any atom is -0.325 e. The van der Waals surface area contributed by atoms with Crippen molar-refractivity contribution in [2.24, 2.45) is 11.7 Å². The van der Waals surface area contributed by atoms with Crippen LogP contribution >= 0.6 is 11.6 Å². The van der Waals surface area contributed by atoms with E-state index in [0.29, 0.717) is 18.0 Å². The van der Waals surface area contributed by atoms with Crippen LogP contribution in [0.4, 0.5) is 11.4 Å². The summed E-state index contributed by atoms with van der Waals surface area (Å²) in [5, 5.41) is 2.84. The summed E-state index contributed by atoms with van der Waals surface area (Å²) < 4.78 is 24.6. The lowest BCUT2D eigenvalue weighted by Crippen LogP contribution is -2.36. The third-order valence-electron chi connectivity index (χ3n) is 2.59. The molecule has 0 aromatic heterocycles. The van der Waals surface area contributed by atoms with Crippen LogP contribution in [0.2, 0.25) is 5.02 Å². The topological polar surface area (TPSA) is 101 Å². The molecule has 0 bridgehead atoms. The maximum atomic E-state index is 11.9. The Morgan fingerprint density at radius 3 is 2.48 bits per heavy atom. The van der Waals surface area contributed by atoms with Gasteiger partial charge in [-0.05, 0) is 30.5 Å². The second-order valence-electron chi connectivity index (χ2n) is 5.29. The van der Waals surface area contributed by atoms with Crippen molar-refractivity contribution in [2.45, 2.75) is 26.3 Å². The van der Waals surface area contributed by atoms with Crippen molar-refractivity contribution in [3.63, 3.8) is 0 Å². The summed E-state index contributed by atoms with van der Waals surface area (Å²) in [7, 11) is -3.40. The highest BCUT2D eigenvalue weighted by Gasteiger charge is 2.15. The number of carbonyl (C=O) groups is 1. The molecule has 0 heterocycles. The summed E-state index contributed by atoms with van der Waals surface area (Å²) in [6.45, 7) is 3.96. The monoisotopic (exact) mass is 333 g/mol. The molecule has 6 nitrogen and oxygen atoms in total. The van der Waals surface area contributed by atoms with E-state index in [9.17, 15) is 13.2 Å². The smallest absolute Gasteiger partial charge is 0.241 e. The molecule has 118 valence electrons. The summed E-state index contributed by atoms with van der Waals surface area (Å²) in [4.78, 5) is 11.9. The van der Waals surface area contributed by atoms with E-state index in [1.807, 2.05) is 13.8 Å². The molecule has 0 radical (unpaired) electrons. The van der Waals surface area contributed by atoms with Crippen LogP contribution in [0.1, 0.15) is 20.3 Å². The zero-order valence-corrected chi connectivity index (χ0v) is 13.8. The van der Waals surface area contributed by atoms with Crippen molar-refractivity contribution in [1.82, 2.24) is 0 Å². The van der Waals surface area contributed by atoms with Gasteiger partial charge in [0.1, 0.15) is 0 Å². The first-order valence-corrected chi connectivity index (χ1v) is 8.69. The van der Waals surface area contributed by atoms with Gasteiger partial charge in [-0.3, -0.25) is 9.52 Å². The average Bonchev–Trinajstić information content (AvgIpc) is 2.30. The first-order valence-electron chi connectivity index (χ1n) is 6.42. The minimum atomic E-state index is -3.40. The Morgan fingerprint density at radius 1 is 1.38 bits per heavy atom. The number of hydrogen-bond acceptors (Lipinski definition) is 4. The van der Waals surface area contributed by atoms with E-state index in [-0.39, 0.29) is 16.6 Å². The number of benzene rings is 1. The number of sulfonamides is 1. The quantitative estimate of drug-likeness (QED) is 0.741. The van der Waals surface area contributed by atoms with Crippen LogP contribution in [0.15, 0.2) is 18.2 Å². The molecule has 1 rings (SSSR count). The Kier molecular flexibility index (Phi) is 6.00. The average molecular weight is 334 g/mol. The van der Waals surface area contributed by atoms with Crippen molar-refractivity contribution in [3.05, 3.63) is 23.2 Å². The molecule has 0 fully saturated rings. The van der Waals surface area contributed by atoms with E-state index < -0.39 is 16.1 Å². The Bertz CT molecular complexity index is 617. The second kappa shape index (κ2) is 7.11. The summed E-state index contributed by atoms with van der Waals surface area (Å²) in [6.07, 6.45) is 1.61. The Labute approximate surface area is 130 Å². The number of carbonyl (C=O) groups excluding carboxylic acids is 1. The molecule has 1 aromatic carbocycles. The fourth-order valence-electron chi connectivity index (χ4n) is 1.73. The molecule has 1 amide bonds. The summed E-state index contributed by atoms with van der Waals surface area (Å²) in [6, 6.07) is 3.90. The first-order chi connectivity index (χ1) is 9.58. The maximum Gasteiger partial charge on any atom is 0.241 e. The first kappa shape index (κ1) is 17.7. The molecule has 1 atom stereocenters. The highest BCUT2D eigenvalue weighted by Crippen LogP contribution is 2.26. The molecule has 1 aromatic rings. The predicted molar refractivity (Wildman–Crippen MR) is 86.0 cm³/mol. The summed E-state index contributed by atoms with van der Waals surface area (Å²) in [5.41, 5.74) is 6.50. The van der Waals surface area contributed by atoms with Crippen molar-refractivity contribution in [1.29, 1.82) is 0 Å². The molecule has 0 aliphatic rings. The summed E-state index contributed by atoms with van der Waals surface area (Å²) >= 11 is 5.97. The van der Waals surface area contributed by atoms with Gasteiger partial charge < -0.3 is 11.1 Å². The van der Waals surface area contributed by atoms with Gasteiger partial charge in [-0.15, -0.1) is 0 Å². The number of nitrogens with two attached hydrogens (primary N) is 1. The SMILES string of the molecule is CC(C)C[C@H](N)C(=O)Nc1ccc(NS(C)(=O)=O)c(Cl)c1. The number of rotatable bonds is 6. The van der Waals surface area contributed by atoms with Gasteiger partial charge >= 0.3 is 0 Å². The van der Waals surface area contributed by atoms with Crippen molar-refractivity contribution in [3.8, 4) is 0 Å². The molecule has 0 saturated carbocycles. The van der Waals surface area contributed by atoms with Crippen molar-refractivity contribution < 1.29 is 13.2 Å². The van der Waals surface area contributed by atoms with Crippen LogP contribution in [-0.4, -0.2) is 26.6 Å². The van der Waals surface area contributed by atoms with Crippen LogP contribution in [0, 0.1) is 5.92 Å². The number of anilines is 2. The Hall–Kier alpha value is -1.31. The lowest BCUT2D eigenvalue weighted by atomic mass is 10.0. The number of halogens is 1. The standard InChI is InChI=1S/C13H20ClN3O3S/c1-8(2)6-11(15)13(18)16-9-4-5-12(10(14)7-9)17-21(3,19)20/h4-5,7-8,11,17H,6,15H2,1-3H3,(H,16,18)/t11-/m0/s1. The molecule has 0 aliphatic carbocycles. The maximum absolute atomic E-state index is 11.9. The van der Waals surface area contributed by atoms with Gasteiger partial charge in [0.05, 0.1) is 23.0 Å². The molecular formula is C13H20ClN3O3S. The largest absolute Gasteiger partial charge is 0.325 e. The number of hydrogen-bond donors (Lipinski definition) is 3. The van der Waals surface area contributed by atoms with Gasteiger partial charge in [0.15, 0.2) is 0 Å². The van der Waals surface area contributed by atoms with Crippen LogP contribution < -0.4 is 15.8 Å². The van der Waals surface area contributed by atoms with E-state index in [0.717, 1.165) is 6.26 Å². The Morgan fingerprint density at radius 2 is 2.00 bits per heavy atom. The van der Waals surface area contributed by atoms with Crippen molar-refractivity contribution >= 4 is 38.9 Å². The Balaban J connectivity index is 2.78. The normalized spacial score (nSPS) is 13.0. The molecule has 0 saturated heterocycles. The van der Waals surface area contributed by atoms with E-state index >= 15 is 0 Å². The second-order valence-corrected chi connectivity index (χ2v) is 7.45. The third-order valence-corrected chi connectivity index (χ3v) is 3.50. The fourth-order valence-corrected chi connectivity index (χ4v) is 2.59. The van der Waals surface area contributed by atoms with E-state index in [2.05, 4.69) is 10.0 Å². The molecule has 0 spiro atoms. The van der Waals surface area contributed by atoms with Crippen LogP contribution in [0.25, 0.3) is 0 Å². The van der Waals surface area contributed by atoms with Gasteiger partial charge in [0.25, 0.3) is 0 Å². The number of amides is 1. The van der Waals surface area contributed by atoms with E-state index in [4.69, 9.17) is 17.3 Å².